The zero-order valence-corrected chi connectivity index (χ0v) is 9.57. The number of aryl methyl sites for hydroxylation is 2. The molecular weight excluding hydrogens is 170 g/mol. The van der Waals surface area contributed by atoms with Crippen LogP contribution in [0, 0.1) is 13.8 Å². The summed E-state index contributed by atoms with van der Waals surface area (Å²) >= 11 is 0. The van der Waals surface area contributed by atoms with Gasteiger partial charge < -0.3 is 5.32 Å². The van der Waals surface area contributed by atoms with Gasteiger partial charge in [-0.3, -0.25) is 0 Å². The van der Waals surface area contributed by atoms with Crippen molar-refractivity contribution in [1.82, 2.24) is 5.32 Å². The molecule has 1 N–H and O–H groups in total. The SMILES string of the molecule is Cc1cc(C)c2c(c1)CCNC2(C)C. The lowest BCUT2D eigenvalue weighted by Crippen LogP contribution is -2.43. The summed E-state index contributed by atoms with van der Waals surface area (Å²) in [6.07, 6.45) is 1.17. The van der Waals surface area contributed by atoms with Gasteiger partial charge in [0, 0.05) is 5.54 Å². The van der Waals surface area contributed by atoms with Crippen molar-refractivity contribution in [3.05, 3.63) is 34.4 Å². The van der Waals surface area contributed by atoms with E-state index in [2.05, 4.69) is 45.1 Å². The molecule has 0 amide bonds. The van der Waals surface area contributed by atoms with E-state index in [1.807, 2.05) is 0 Å². The standard InChI is InChI=1S/C13H19N/c1-9-7-10(2)12-11(8-9)5-6-14-13(12,3)4/h7-8,14H,5-6H2,1-4H3. The van der Waals surface area contributed by atoms with Crippen molar-refractivity contribution < 1.29 is 0 Å². The van der Waals surface area contributed by atoms with Crippen molar-refractivity contribution in [2.45, 2.75) is 39.7 Å². The van der Waals surface area contributed by atoms with Crippen molar-refractivity contribution >= 4 is 0 Å². The fourth-order valence-corrected chi connectivity index (χ4v) is 2.75. The lowest BCUT2D eigenvalue weighted by Gasteiger charge is -2.35. The highest BCUT2D eigenvalue weighted by molar-refractivity contribution is 5.44. The predicted octanol–water partition coefficient (Wildman–Crippen LogP) is 2.68. The zero-order valence-electron chi connectivity index (χ0n) is 9.57. The van der Waals surface area contributed by atoms with Crippen LogP contribution in [0.5, 0.6) is 0 Å². The van der Waals surface area contributed by atoms with E-state index in [0.717, 1.165) is 6.54 Å². The van der Waals surface area contributed by atoms with Gasteiger partial charge in [0.05, 0.1) is 0 Å². The van der Waals surface area contributed by atoms with E-state index in [1.165, 1.54) is 28.7 Å². The molecule has 0 unspecified atom stereocenters. The van der Waals surface area contributed by atoms with E-state index in [0.29, 0.717) is 0 Å². The van der Waals surface area contributed by atoms with Crippen LogP contribution in [0.1, 0.15) is 36.1 Å². The number of fused-ring (bicyclic) bond motifs is 1. The van der Waals surface area contributed by atoms with Crippen molar-refractivity contribution in [3.8, 4) is 0 Å². The van der Waals surface area contributed by atoms with E-state index >= 15 is 0 Å². The number of hydrogen-bond acceptors (Lipinski definition) is 1. The monoisotopic (exact) mass is 189 g/mol. The molecule has 0 radical (unpaired) electrons. The first-order chi connectivity index (χ1) is 6.50. The first kappa shape index (κ1) is 9.72. The summed E-state index contributed by atoms with van der Waals surface area (Å²) in [4.78, 5) is 0. The topological polar surface area (TPSA) is 12.0 Å². The second-order valence-corrected chi connectivity index (χ2v) is 4.92. The summed E-state index contributed by atoms with van der Waals surface area (Å²) in [6, 6.07) is 4.62. The molecule has 1 heterocycles. The van der Waals surface area contributed by atoms with Gasteiger partial charge >= 0.3 is 0 Å². The summed E-state index contributed by atoms with van der Waals surface area (Å²) in [6.45, 7) is 10.0. The van der Waals surface area contributed by atoms with Crippen LogP contribution < -0.4 is 5.32 Å². The van der Waals surface area contributed by atoms with Crippen molar-refractivity contribution in [1.29, 1.82) is 0 Å². The molecule has 1 aromatic carbocycles. The fraction of sp³-hybridized carbons (Fsp3) is 0.538. The third kappa shape index (κ3) is 1.46. The minimum atomic E-state index is 0.144. The van der Waals surface area contributed by atoms with Crippen molar-refractivity contribution in [2.75, 3.05) is 6.54 Å². The van der Waals surface area contributed by atoms with Crippen LogP contribution in [0.4, 0.5) is 0 Å². The number of rotatable bonds is 0. The maximum Gasteiger partial charge on any atom is 0.0382 e. The molecule has 76 valence electrons. The van der Waals surface area contributed by atoms with Crippen molar-refractivity contribution in [3.63, 3.8) is 0 Å². The van der Waals surface area contributed by atoms with E-state index in [-0.39, 0.29) is 5.54 Å². The highest BCUT2D eigenvalue weighted by atomic mass is 15.0. The van der Waals surface area contributed by atoms with Gasteiger partial charge in [0.2, 0.25) is 0 Å². The molecule has 0 aromatic heterocycles. The maximum atomic E-state index is 3.57. The molecule has 0 atom stereocenters. The van der Waals surface area contributed by atoms with Gasteiger partial charge in [0.1, 0.15) is 0 Å². The van der Waals surface area contributed by atoms with Crippen LogP contribution in [0.25, 0.3) is 0 Å². The number of hydrogen-bond donors (Lipinski definition) is 1. The molecule has 1 aromatic rings. The lowest BCUT2D eigenvalue weighted by atomic mass is 9.81. The largest absolute Gasteiger partial charge is 0.307 e. The van der Waals surface area contributed by atoms with Crippen molar-refractivity contribution in [2.24, 2.45) is 0 Å². The van der Waals surface area contributed by atoms with Gasteiger partial charge in [0.15, 0.2) is 0 Å². The van der Waals surface area contributed by atoms with Crippen LogP contribution in [0.15, 0.2) is 12.1 Å². The molecule has 0 aliphatic carbocycles. The smallest absolute Gasteiger partial charge is 0.0382 e. The van der Waals surface area contributed by atoms with Crippen LogP contribution in [-0.2, 0) is 12.0 Å². The summed E-state index contributed by atoms with van der Waals surface area (Å²) in [5.74, 6) is 0. The second-order valence-electron chi connectivity index (χ2n) is 4.92. The highest BCUT2D eigenvalue weighted by Gasteiger charge is 2.28. The second kappa shape index (κ2) is 3.09. The van der Waals surface area contributed by atoms with E-state index in [1.54, 1.807) is 0 Å². The Morgan fingerprint density at radius 1 is 1.21 bits per heavy atom. The normalized spacial score (nSPS) is 19.1. The molecule has 1 aliphatic heterocycles. The van der Waals surface area contributed by atoms with E-state index in [4.69, 9.17) is 0 Å². The fourth-order valence-electron chi connectivity index (χ4n) is 2.75. The summed E-state index contributed by atoms with van der Waals surface area (Å²) < 4.78 is 0. The third-order valence-corrected chi connectivity index (χ3v) is 3.15. The summed E-state index contributed by atoms with van der Waals surface area (Å²) in [5, 5.41) is 3.57. The lowest BCUT2D eigenvalue weighted by molar-refractivity contribution is 0.380. The van der Waals surface area contributed by atoms with E-state index in [9.17, 15) is 0 Å². The van der Waals surface area contributed by atoms with Gasteiger partial charge in [-0.2, -0.15) is 0 Å². The summed E-state index contributed by atoms with van der Waals surface area (Å²) in [5.41, 5.74) is 6.00. The van der Waals surface area contributed by atoms with Gasteiger partial charge in [-0.25, -0.2) is 0 Å². The summed E-state index contributed by atoms with van der Waals surface area (Å²) in [7, 11) is 0. The molecule has 1 heteroatoms. The number of nitrogens with one attached hydrogen (secondary N) is 1. The molecule has 0 fully saturated rings. The molecular formula is C13H19N. The van der Waals surface area contributed by atoms with Crippen LogP contribution >= 0.6 is 0 Å². The molecule has 0 spiro atoms. The molecule has 2 rings (SSSR count). The van der Waals surface area contributed by atoms with Crippen LogP contribution in [0.3, 0.4) is 0 Å². The zero-order chi connectivity index (χ0) is 10.3. The van der Waals surface area contributed by atoms with Gasteiger partial charge in [-0.05, 0) is 57.4 Å². The minimum absolute atomic E-state index is 0.144. The Morgan fingerprint density at radius 2 is 1.93 bits per heavy atom. The molecule has 14 heavy (non-hydrogen) atoms. The average Bonchev–Trinajstić information content (AvgIpc) is 2.00. The molecule has 0 saturated carbocycles. The Bertz CT molecular complexity index is 364. The Labute approximate surface area is 86.5 Å². The minimum Gasteiger partial charge on any atom is -0.307 e. The molecule has 0 saturated heterocycles. The Balaban J connectivity index is 2.63. The van der Waals surface area contributed by atoms with Crippen LogP contribution in [-0.4, -0.2) is 6.54 Å². The Kier molecular flexibility index (Phi) is 2.15. The first-order valence-corrected chi connectivity index (χ1v) is 5.36. The molecule has 1 nitrogen and oxygen atoms in total. The predicted molar refractivity (Wildman–Crippen MR) is 60.6 cm³/mol. The van der Waals surface area contributed by atoms with Gasteiger partial charge in [0.25, 0.3) is 0 Å². The van der Waals surface area contributed by atoms with Gasteiger partial charge in [-0.1, -0.05) is 17.7 Å². The maximum absolute atomic E-state index is 3.57. The van der Waals surface area contributed by atoms with Gasteiger partial charge in [-0.15, -0.1) is 0 Å². The molecule has 0 bridgehead atoms. The average molecular weight is 189 g/mol. The van der Waals surface area contributed by atoms with E-state index < -0.39 is 0 Å². The Morgan fingerprint density at radius 3 is 2.64 bits per heavy atom. The number of benzene rings is 1. The third-order valence-electron chi connectivity index (χ3n) is 3.15. The molecule has 1 aliphatic rings. The van der Waals surface area contributed by atoms with Crippen LogP contribution in [0.2, 0.25) is 0 Å². The Hall–Kier alpha value is -0.820. The first-order valence-electron chi connectivity index (χ1n) is 5.36. The quantitative estimate of drug-likeness (QED) is 0.661. The highest BCUT2D eigenvalue weighted by Crippen LogP contribution is 2.31.